The lowest BCUT2D eigenvalue weighted by Gasteiger charge is -2.17. The fourth-order valence-corrected chi connectivity index (χ4v) is 3.32. The molecule has 0 spiro atoms. The van der Waals surface area contributed by atoms with Crippen molar-refractivity contribution in [1.82, 2.24) is 4.31 Å². The summed E-state index contributed by atoms with van der Waals surface area (Å²) in [6, 6.07) is 8.57. The molecular weight excluding hydrogens is 371 g/mol. The number of benzene rings is 2. The Balaban J connectivity index is 2.19. The Hall–Kier alpha value is -2.90. The molecule has 2 aromatic carbocycles. The highest BCUT2D eigenvalue weighted by atomic mass is 32.2. The van der Waals surface area contributed by atoms with Gasteiger partial charge in [0.05, 0.1) is 22.7 Å². The van der Waals surface area contributed by atoms with E-state index >= 15 is 0 Å². The van der Waals surface area contributed by atoms with Gasteiger partial charge in [-0.1, -0.05) is 12.1 Å². The number of carbonyl (C=O) groups is 1. The van der Waals surface area contributed by atoms with Crippen LogP contribution in [0.2, 0.25) is 0 Å². The Labute approximate surface area is 147 Å². The van der Waals surface area contributed by atoms with Gasteiger partial charge in [-0.05, 0) is 24.3 Å². The van der Waals surface area contributed by atoms with Gasteiger partial charge in [0.1, 0.15) is 6.07 Å². The van der Waals surface area contributed by atoms with Gasteiger partial charge in [-0.2, -0.15) is 9.57 Å². The molecule has 0 aliphatic rings. The van der Waals surface area contributed by atoms with Gasteiger partial charge >= 0.3 is 0 Å². The first-order valence-electron chi connectivity index (χ1n) is 7.07. The van der Waals surface area contributed by atoms with Crippen molar-refractivity contribution in [3.63, 3.8) is 0 Å². The van der Waals surface area contributed by atoms with Crippen LogP contribution in [0, 0.1) is 28.8 Å². The van der Waals surface area contributed by atoms with Crippen LogP contribution < -0.4 is 5.32 Å². The largest absolute Gasteiger partial charge is 0.322 e. The number of hydrogen-bond donors (Lipinski definition) is 1. The van der Waals surface area contributed by atoms with E-state index in [1.165, 1.54) is 24.3 Å². The van der Waals surface area contributed by atoms with E-state index in [0.29, 0.717) is 10.4 Å². The second-order valence-corrected chi connectivity index (χ2v) is 7.15. The number of nitrogens with zero attached hydrogens (tertiary/aromatic N) is 2. The predicted molar refractivity (Wildman–Crippen MR) is 85.9 cm³/mol. The third kappa shape index (κ3) is 3.84. The van der Waals surface area contributed by atoms with Crippen molar-refractivity contribution >= 4 is 21.6 Å². The van der Waals surface area contributed by atoms with Gasteiger partial charge < -0.3 is 5.32 Å². The number of nitriles is 1. The molecule has 0 atom stereocenters. The second kappa shape index (κ2) is 7.55. The van der Waals surface area contributed by atoms with Gasteiger partial charge in [-0.15, -0.1) is 0 Å². The van der Waals surface area contributed by atoms with E-state index in [4.69, 9.17) is 5.26 Å². The molecule has 10 heteroatoms. The highest BCUT2D eigenvalue weighted by Gasteiger charge is 2.26. The number of halogens is 3. The van der Waals surface area contributed by atoms with Crippen LogP contribution in [0.25, 0.3) is 0 Å². The third-order valence-corrected chi connectivity index (χ3v) is 5.23. The zero-order chi connectivity index (χ0) is 19.5. The molecule has 0 aliphatic heterocycles. The lowest BCUT2D eigenvalue weighted by atomic mass is 10.2. The zero-order valence-corrected chi connectivity index (χ0v) is 14.1. The molecule has 0 bridgehead atoms. The summed E-state index contributed by atoms with van der Waals surface area (Å²) in [5.74, 6) is -5.76. The van der Waals surface area contributed by atoms with Crippen molar-refractivity contribution in [2.24, 2.45) is 0 Å². The molecule has 0 saturated carbocycles. The summed E-state index contributed by atoms with van der Waals surface area (Å²) in [7, 11) is -3.08. The van der Waals surface area contributed by atoms with Crippen LogP contribution in [0.4, 0.5) is 18.9 Å². The average molecular weight is 383 g/mol. The van der Waals surface area contributed by atoms with Crippen molar-refractivity contribution in [2.75, 3.05) is 18.9 Å². The standard InChI is InChI=1S/C16H12F3N3O3S/c1-22(26(24,25)13-5-3-2-4-10(13)8-20)9-14(23)21-12-7-6-11(17)15(18)16(12)19/h2-7H,9H2,1H3,(H,21,23). The molecule has 0 fully saturated rings. The first-order chi connectivity index (χ1) is 12.2. The first-order valence-corrected chi connectivity index (χ1v) is 8.51. The molecule has 0 unspecified atom stereocenters. The van der Waals surface area contributed by atoms with Gasteiger partial charge in [-0.3, -0.25) is 4.79 Å². The van der Waals surface area contributed by atoms with Crippen LogP contribution in [-0.2, 0) is 14.8 Å². The SMILES string of the molecule is CN(CC(=O)Nc1ccc(F)c(F)c1F)S(=O)(=O)c1ccccc1C#N. The number of sulfonamides is 1. The van der Waals surface area contributed by atoms with Crippen LogP contribution in [0.5, 0.6) is 0 Å². The molecule has 0 aliphatic carbocycles. The summed E-state index contributed by atoms with van der Waals surface area (Å²) in [5.41, 5.74) is -0.733. The molecular formula is C16H12F3N3O3S. The third-order valence-electron chi connectivity index (χ3n) is 3.37. The van der Waals surface area contributed by atoms with Crippen molar-refractivity contribution in [3.05, 3.63) is 59.4 Å². The number of anilines is 1. The number of likely N-dealkylation sites (N-methyl/N-ethyl adjacent to an activating group) is 1. The summed E-state index contributed by atoms with van der Waals surface area (Å²) in [5, 5.41) is 11.0. The number of hydrogen-bond acceptors (Lipinski definition) is 4. The Morgan fingerprint density at radius 1 is 1.15 bits per heavy atom. The van der Waals surface area contributed by atoms with E-state index in [-0.39, 0.29) is 10.5 Å². The van der Waals surface area contributed by atoms with E-state index in [1.807, 2.05) is 5.32 Å². The van der Waals surface area contributed by atoms with E-state index in [1.54, 1.807) is 6.07 Å². The van der Waals surface area contributed by atoms with E-state index in [0.717, 1.165) is 13.1 Å². The summed E-state index contributed by atoms with van der Waals surface area (Å²) in [4.78, 5) is 11.6. The number of rotatable bonds is 5. The van der Waals surface area contributed by atoms with Crippen molar-refractivity contribution in [1.29, 1.82) is 5.26 Å². The molecule has 0 radical (unpaired) electrons. The Morgan fingerprint density at radius 3 is 2.46 bits per heavy atom. The van der Waals surface area contributed by atoms with E-state index < -0.39 is 45.6 Å². The van der Waals surface area contributed by atoms with E-state index in [9.17, 15) is 26.4 Å². The zero-order valence-electron chi connectivity index (χ0n) is 13.3. The molecule has 2 rings (SSSR count). The fourth-order valence-electron chi connectivity index (χ4n) is 2.05. The normalized spacial score (nSPS) is 11.2. The topological polar surface area (TPSA) is 90.3 Å². The van der Waals surface area contributed by atoms with Gasteiger partial charge in [0.25, 0.3) is 0 Å². The molecule has 0 aromatic heterocycles. The molecule has 0 saturated heterocycles. The van der Waals surface area contributed by atoms with Crippen LogP contribution in [-0.4, -0.2) is 32.2 Å². The van der Waals surface area contributed by atoms with Crippen molar-refractivity contribution in [2.45, 2.75) is 4.90 Å². The molecule has 136 valence electrons. The second-order valence-electron chi connectivity index (χ2n) is 5.14. The van der Waals surface area contributed by atoms with Crippen molar-refractivity contribution in [3.8, 4) is 6.07 Å². The Morgan fingerprint density at radius 2 is 1.81 bits per heavy atom. The van der Waals surface area contributed by atoms with Gasteiger partial charge in [0.2, 0.25) is 15.9 Å². The maximum absolute atomic E-state index is 13.6. The summed E-state index contributed by atoms with van der Waals surface area (Å²) < 4.78 is 65.2. The number of carbonyl (C=O) groups excluding carboxylic acids is 1. The highest BCUT2D eigenvalue weighted by molar-refractivity contribution is 7.89. The van der Waals surface area contributed by atoms with Crippen LogP contribution in [0.15, 0.2) is 41.3 Å². The summed E-state index contributed by atoms with van der Waals surface area (Å²) in [6.07, 6.45) is 0. The van der Waals surface area contributed by atoms with Crippen LogP contribution in [0.3, 0.4) is 0 Å². The highest BCUT2D eigenvalue weighted by Crippen LogP contribution is 2.21. The monoisotopic (exact) mass is 383 g/mol. The predicted octanol–water partition coefficient (Wildman–Crippen LogP) is 2.23. The minimum atomic E-state index is -4.17. The van der Waals surface area contributed by atoms with Gasteiger partial charge in [0.15, 0.2) is 17.5 Å². The lowest BCUT2D eigenvalue weighted by molar-refractivity contribution is -0.116. The van der Waals surface area contributed by atoms with Gasteiger partial charge in [0, 0.05) is 7.05 Å². The Kier molecular flexibility index (Phi) is 5.64. The summed E-state index contributed by atoms with van der Waals surface area (Å²) in [6.45, 7) is -0.736. The quantitative estimate of drug-likeness (QED) is 0.802. The maximum atomic E-state index is 13.6. The first kappa shape index (κ1) is 19.4. The fraction of sp³-hybridized carbons (Fsp3) is 0.125. The molecule has 2 aromatic rings. The minimum absolute atomic E-state index is 0.105. The molecule has 0 heterocycles. The molecule has 1 N–H and O–H groups in total. The average Bonchev–Trinajstić information content (AvgIpc) is 2.62. The molecule has 1 amide bonds. The molecule has 26 heavy (non-hydrogen) atoms. The summed E-state index contributed by atoms with van der Waals surface area (Å²) >= 11 is 0. The number of nitrogens with one attached hydrogen (secondary N) is 1. The van der Waals surface area contributed by atoms with Crippen LogP contribution >= 0.6 is 0 Å². The smallest absolute Gasteiger partial charge is 0.244 e. The lowest BCUT2D eigenvalue weighted by Crippen LogP contribution is -2.35. The Bertz CT molecular complexity index is 1000. The van der Waals surface area contributed by atoms with Crippen molar-refractivity contribution < 1.29 is 26.4 Å². The number of amides is 1. The van der Waals surface area contributed by atoms with E-state index in [2.05, 4.69) is 0 Å². The maximum Gasteiger partial charge on any atom is 0.244 e. The van der Waals surface area contributed by atoms with Gasteiger partial charge in [-0.25, -0.2) is 21.6 Å². The minimum Gasteiger partial charge on any atom is -0.322 e. The van der Waals surface area contributed by atoms with Crippen LogP contribution in [0.1, 0.15) is 5.56 Å². The molecule has 6 nitrogen and oxygen atoms in total.